The van der Waals surface area contributed by atoms with E-state index in [0.717, 1.165) is 25.7 Å². The zero-order chi connectivity index (χ0) is 16.1. The van der Waals surface area contributed by atoms with Crippen LogP contribution in [0.25, 0.3) is 0 Å². The quantitative estimate of drug-likeness (QED) is 0.153. The number of carbonyl (C=O) groups excluding carboxylic acids is 1. The van der Waals surface area contributed by atoms with Crippen molar-refractivity contribution in [3.8, 4) is 0 Å². The molecule has 0 amide bonds. The third-order valence-corrected chi connectivity index (χ3v) is 3.61. The Morgan fingerprint density at radius 2 is 1.59 bits per heavy atom. The summed E-state index contributed by atoms with van der Waals surface area (Å²) in [6.07, 6.45) is 5.30. The molecule has 0 radical (unpaired) electrons. The van der Waals surface area contributed by atoms with Crippen LogP contribution in [0.4, 0.5) is 0 Å². The molecule has 0 saturated heterocycles. The third kappa shape index (κ3) is 15.2. The first-order valence-corrected chi connectivity index (χ1v) is 8.78. The molecule has 0 bridgehead atoms. The van der Waals surface area contributed by atoms with Crippen LogP contribution in [0.5, 0.6) is 0 Å². The van der Waals surface area contributed by atoms with Gasteiger partial charge in [-0.2, -0.15) is 0 Å². The number of phosphoric acid groups is 1. The molecule has 0 aromatic heterocycles. The molecule has 0 spiro atoms. The molecule has 0 aromatic rings. The van der Waals surface area contributed by atoms with Crippen molar-refractivity contribution in [1.82, 2.24) is 0 Å². The number of unbranched alkanes of at least 4 members (excludes halogenated alkanes) is 4. The Bertz CT molecular complexity index is 361. The van der Waals surface area contributed by atoms with Crippen LogP contribution in [0.1, 0.15) is 52.4 Å². The van der Waals surface area contributed by atoms with Gasteiger partial charge in [0.05, 0.1) is 19.8 Å². The van der Waals surface area contributed by atoms with E-state index in [0.29, 0.717) is 12.0 Å². The normalized spacial score (nSPS) is 13.0. The molecule has 0 aliphatic heterocycles. The molecular weight excluding hydrogens is 318 g/mol. The van der Waals surface area contributed by atoms with Crippen LogP contribution >= 0.6 is 7.82 Å². The number of hydrogen-bond acceptors (Lipinski definition) is 6. The topological polar surface area (TPSA) is 84.9 Å². The van der Waals surface area contributed by atoms with Gasteiger partial charge in [-0.1, -0.05) is 39.2 Å². The predicted molar refractivity (Wildman–Crippen MR) is 78.7 cm³/mol. The molecule has 0 aliphatic carbocycles. The third-order valence-electron chi connectivity index (χ3n) is 2.62. The van der Waals surface area contributed by atoms with E-state index in [-0.39, 0.29) is 55.8 Å². The summed E-state index contributed by atoms with van der Waals surface area (Å²) in [6, 6.07) is 0. The summed E-state index contributed by atoms with van der Waals surface area (Å²) in [6.45, 7) is 7.25. The van der Waals surface area contributed by atoms with Crippen molar-refractivity contribution < 1.29 is 57.6 Å². The first-order chi connectivity index (χ1) is 9.89. The molecule has 0 rings (SSSR count). The fourth-order valence-electron chi connectivity index (χ4n) is 1.44. The van der Waals surface area contributed by atoms with Crippen molar-refractivity contribution in [2.75, 3.05) is 19.8 Å². The average molecular weight is 344 g/mol. The SMILES string of the molecule is C=C(C)C(=O)OCCCOP(=O)([O-])OCCCCCCC.[Na+]. The first kappa shape index (κ1) is 24.6. The van der Waals surface area contributed by atoms with Crippen LogP contribution in [-0.4, -0.2) is 25.8 Å². The smallest absolute Gasteiger partial charge is 0.756 e. The summed E-state index contributed by atoms with van der Waals surface area (Å²) in [7, 11) is -4.24. The number of phosphoric ester groups is 1. The number of ether oxygens (including phenoxy) is 1. The standard InChI is InChI=1S/C14H27O6P.Na/c1-4-5-6-7-8-11-19-21(16,17)20-12-9-10-18-14(15)13(2)3;/h2,4-12H2,1,3H3,(H,16,17);/q;+1/p-1. The Hall–Kier alpha value is 0.320. The van der Waals surface area contributed by atoms with Gasteiger partial charge in [0, 0.05) is 12.0 Å². The van der Waals surface area contributed by atoms with Gasteiger partial charge in [0.2, 0.25) is 0 Å². The van der Waals surface area contributed by atoms with Crippen LogP contribution in [0, 0.1) is 0 Å². The molecule has 0 aromatic carbocycles. The Morgan fingerprint density at radius 1 is 1.05 bits per heavy atom. The number of esters is 1. The van der Waals surface area contributed by atoms with Gasteiger partial charge >= 0.3 is 35.5 Å². The minimum atomic E-state index is -4.24. The van der Waals surface area contributed by atoms with Crippen molar-refractivity contribution in [2.24, 2.45) is 0 Å². The molecule has 22 heavy (non-hydrogen) atoms. The number of rotatable bonds is 13. The van der Waals surface area contributed by atoms with E-state index in [2.05, 4.69) is 18.0 Å². The van der Waals surface area contributed by atoms with Gasteiger partial charge in [0.1, 0.15) is 0 Å². The van der Waals surface area contributed by atoms with E-state index >= 15 is 0 Å². The molecule has 0 saturated carbocycles. The summed E-state index contributed by atoms with van der Waals surface area (Å²) in [4.78, 5) is 22.4. The van der Waals surface area contributed by atoms with Crippen LogP contribution in [0.3, 0.4) is 0 Å². The summed E-state index contributed by atoms with van der Waals surface area (Å²) >= 11 is 0. The number of carbonyl (C=O) groups is 1. The van der Waals surface area contributed by atoms with Crippen molar-refractivity contribution in [1.29, 1.82) is 0 Å². The summed E-state index contributed by atoms with van der Waals surface area (Å²) in [5.74, 6) is -0.497. The van der Waals surface area contributed by atoms with Gasteiger partial charge in [-0.15, -0.1) is 0 Å². The Kier molecular flexibility index (Phi) is 16.6. The maximum absolute atomic E-state index is 11.4. The molecule has 0 fully saturated rings. The van der Waals surface area contributed by atoms with Crippen molar-refractivity contribution in [3.05, 3.63) is 12.2 Å². The average Bonchev–Trinajstić information content (AvgIpc) is 2.41. The minimum absolute atomic E-state index is 0. The van der Waals surface area contributed by atoms with Crippen LogP contribution in [0.2, 0.25) is 0 Å². The zero-order valence-corrected chi connectivity index (χ0v) is 16.9. The van der Waals surface area contributed by atoms with Gasteiger partial charge in [-0.05, 0) is 13.3 Å². The predicted octanol–water partition coefficient (Wildman–Crippen LogP) is -0.0282. The van der Waals surface area contributed by atoms with Crippen LogP contribution in [0.15, 0.2) is 12.2 Å². The fraction of sp³-hybridized carbons (Fsp3) is 0.786. The van der Waals surface area contributed by atoms with Gasteiger partial charge in [-0.3, -0.25) is 4.57 Å². The van der Waals surface area contributed by atoms with E-state index in [9.17, 15) is 14.3 Å². The van der Waals surface area contributed by atoms with Crippen molar-refractivity contribution >= 4 is 13.8 Å². The van der Waals surface area contributed by atoms with E-state index in [1.807, 2.05) is 0 Å². The van der Waals surface area contributed by atoms with E-state index in [1.54, 1.807) is 6.92 Å². The molecular formula is C14H26NaO6P. The molecule has 0 N–H and O–H groups in total. The van der Waals surface area contributed by atoms with Crippen molar-refractivity contribution in [2.45, 2.75) is 52.4 Å². The Labute approximate surface area is 155 Å². The molecule has 6 nitrogen and oxygen atoms in total. The van der Waals surface area contributed by atoms with E-state index < -0.39 is 13.8 Å². The molecule has 0 heterocycles. The molecule has 8 heteroatoms. The minimum Gasteiger partial charge on any atom is -0.756 e. The second-order valence-corrected chi connectivity index (χ2v) is 6.21. The Balaban J connectivity index is 0. The van der Waals surface area contributed by atoms with Gasteiger partial charge in [0.25, 0.3) is 7.82 Å². The van der Waals surface area contributed by atoms with Gasteiger partial charge in [-0.25, -0.2) is 4.79 Å². The molecule has 1 atom stereocenters. The second-order valence-electron chi connectivity index (χ2n) is 4.80. The van der Waals surface area contributed by atoms with E-state index in [1.165, 1.54) is 0 Å². The van der Waals surface area contributed by atoms with Crippen LogP contribution in [-0.2, 0) is 23.1 Å². The fourth-order valence-corrected chi connectivity index (χ4v) is 2.22. The Morgan fingerprint density at radius 3 is 2.14 bits per heavy atom. The second kappa shape index (κ2) is 14.9. The zero-order valence-electron chi connectivity index (χ0n) is 14.0. The maximum Gasteiger partial charge on any atom is 1.00 e. The maximum atomic E-state index is 11.4. The largest absolute Gasteiger partial charge is 1.00 e. The monoisotopic (exact) mass is 344 g/mol. The summed E-state index contributed by atoms with van der Waals surface area (Å²) < 4.78 is 25.6. The molecule has 124 valence electrons. The summed E-state index contributed by atoms with van der Waals surface area (Å²) in [5, 5.41) is 0. The number of hydrogen-bond donors (Lipinski definition) is 0. The van der Waals surface area contributed by atoms with E-state index in [4.69, 9.17) is 9.26 Å². The first-order valence-electron chi connectivity index (χ1n) is 7.32. The molecule has 0 aliphatic rings. The summed E-state index contributed by atoms with van der Waals surface area (Å²) in [5.41, 5.74) is 0.303. The van der Waals surface area contributed by atoms with Crippen molar-refractivity contribution in [3.63, 3.8) is 0 Å². The van der Waals surface area contributed by atoms with Crippen LogP contribution < -0.4 is 34.5 Å². The molecule has 1 unspecified atom stereocenters. The van der Waals surface area contributed by atoms with Gasteiger partial charge < -0.3 is 18.7 Å². The van der Waals surface area contributed by atoms with Gasteiger partial charge in [0.15, 0.2) is 0 Å².